The van der Waals surface area contributed by atoms with Crippen molar-refractivity contribution in [2.24, 2.45) is 112 Å². The van der Waals surface area contributed by atoms with Gasteiger partial charge in [0.25, 0.3) is 0 Å². The van der Waals surface area contributed by atoms with E-state index in [1.807, 2.05) is 0 Å². The van der Waals surface area contributed by atoms with Crippen LogP contribution in [0.3, 0.4) is 0 Å². The molecule has 8 bridgehead atoms. The average molecular weight is 1470 g/mol. The molecule has 17 nitrogen and oxygen atoms in total. The van der Waals surface area contributed by atoms with E-state index in [0.29, 0.717) is 41.4 Å². The van der Waals surface area contributed by atoms with Crippen molar-refractivity contribution >= 4 is 0 Å². The first-order valence-electron chi connectivity index (χ1n) is 46.5. The van der Waals surface area contributed by atoms with Crippen LogP contribution in [0.15, 0.2) is 0 Å². The fraction of sp³-hybridized carbons (Fsp3) is 1.00. The minimum Gasteiger partial charge on any atom is -0.378 e. The number of rotatable bonds is 32. The molecule has 6 heterocycles. The summed E-state index contributed by atoms with van der Waals surface area (Å²) >= 11 is 0. The highest BCUT2D eigenvalue weighted by Crippen LogP contribution is 2.61. The average Bonchev–Trinajstić information content (AvgIpc) is 1.54. The highest BCUT2D eigenvalue weighted by molar-refractivity contribution is 5.21. The van der Waals surface area contributed by atoms with Gasteiger partial charge in [-0.05, 0) is 176 Å². The molecule has 9 saturated carbocycles. The van der Waals surface area contributed by atoms with E-state index in [1.165, 1.54) is 103 Å². The van der Waals surface area contributed by atoms with Crippen molar-refractivity contribution in [1.82, 2.24) is 47.4 Å². The molecule has 6 saturated heterocycles. The van der Waals surface area contributed by atoms with Crippen molar-refractivity contribution in [3.63, 3.8) is 0 Å². The van der Waals surface area contributed by atoms with Crippen LogP contribution in [0.2, 0.25) is 0 Å². The molecular weight excluding hydrogens is 1310 g/mol. The summed E-state index contributed by atoms with van der Waals surface area (Å²) in [6.45, 7) is 26.3. The molecule has 0 radical (unpaired) electrons. The quantitative estimate of drug-likeness (QED) is 0.0299. The lowest BCUT2D eigenvalue weighted by Crippen LogP contribution is -2.68. The summed E-state index contributed by atoms with van der Waals surface area (Å²) in [6, 6.07) is 0.191. The van der Waals surface area contributed by atoms with Crippen LogP contribution in [-0.4, -0.2) is 176 Å². The second-order valence-corrected chi connectivity index (χ2v) is 37.8. The summed E-state index contributed by atoms with van der Waals surface area (Å²) in [4.78, 5) is 2.85. The van der Waals surface area contributed by atoms with Crippen molar-refractivity contribution in [1.29, 1.82) is 0 Å². The zero-order valence-corrected chi connectivity index (χ0v) is 67.9. The second kappa shape index (κ2) is 37.7. The highest BCUT2D eigenvalue weighted by Gasteiger charge is 2.70. The maximum absolute atomic E-state index is 7.92. The third-order valence-corrected chi connectivity index (χ3v) is 32.0. The molecule has 105 heavy (non-hydrogen) atoms. The summed E-state index contributed by atoms with van der Waals surface area (Å²) in [6.07, 6.45) is 40.9. The van der Waals surface area contributed by atoms with Gasteiger partial charge in [-0.25, -0.2) is 0 Å². The van der Waals surface area contributed by atoms with Crippen molar-refractivity contribution in [2.75, 3.05) is 66.4 Å². The van der Waals surface area contributed by atoms with E-state index in [0.717, 1.165) is 199 Å². The van der Waals surface area contributed by atoms with Crippen LogP contribution in [0.25, 0.3) is 0 Å². The van der Waals surface area contributed by atoms with Crippen LogP contribution in [0, 0.1) is 112 Å². The van der Waals surface area contributed by atoms with Gasteiger partial charge in [-0.3, -0.25) is 42.1 Å². The Bertz CT molecular complexity index is 2440. The van der Waals surface area contributed by atoms with Crippen LogP contribution in [0.5, 0.6) is 0 Å². The standard InChI is InChI=1S/C88H157N9O8/c1-10-18-41-98-73-57-37-30-31-38-58(57)74(99-42-19-11-2)65-64(73)81-90-82(65)92-84-67-69(79(104-47-24-16-7)63-52-56-36-29-27-34-54(56)50-61(63)77(67)102-45-22-14-5)86(94-84)96-88-71-70(75(100-43-20-12-3)59-39-32-40-89-72(59)80(71)105-48-25-17-8)87(97(88)9)95-85-68-66(83(91-81)93-85)76(101-44-21-13-4)60-49-53-33-26-28-35-55(53)51-62(60)78(68)103-46-23-15-6/h53-96H,10-52H2,1-9H3. The first kappa shape index (κ1) is 79.5. The van der Waals surface area contributed by atoms with Crippen molar-refractivity contribution < 1.29 is 37.9 Å². The van der Waals surface area contributed by atoms with E-state index >= 15 is 0 Å². The van der Waals surface area contributed by atoms with E-state index < -0.39 is 0 Å². The van der Waals surface area contributed by atoms with Gasteiger partial charge in [-0.2, -0.15) is 0 Å². The Hall–Kier alpha value is -0.680. The number of nitrogens with zero attached hydrogens (tertiary/aromatic N) is 1. The van der Waals surface area contributed by atoms with Gasteiger partial charge in [0.1, 0.15) is 0 Å². The fourth-order valence-electron chi connectivity index (χ4n) is 27.2. The lowest BCUT2D eigenvalue weighted by Gasteiger charge is -2.57. The van der Waals surface area contributed by atoms with Gasteiger partial charge in [-0.15, -0.1) is 0 Å². The number of nitrogens with one attached hydrogen (secondary N) is 8. The van der Waals surface area contributed by atoms with Gasteiger partial charge in [0.2, 0.25) is 0 Å². The van der Waals surface area contributed by atoms with E-state index in [1.54, 1.807) is 0 Å². The number of fused-ring (bicyclic) bond motifs is 26. The Morgan fingerprint density at radius 3 is 0.790 bits per heavy atom. The summed E-state index contributed by atoms with van der Waals surface area (Å²) in [5.41, 5.74) is 0. The van der Waals surface area contributed by atoms with E-state index in [9.17, 15) is 0 Å². The van der Waals surface area contributed by atoms with Gasteiger partial charge in [0, 0.05) is 112 Å². The van der Waals surface area contributed by atoms with Gasteiger partial charge >= 0.3 is 0 Å². The maximum atomic E-state index is 7.92. The molecule has 0 aromatic rings. The third-order valence-electron chi connectivity index (χ3n) is 32.0. The lowest BCUT2D eigenvalue weighted by atomic mass is 9.54. The summed E-state index contributed by atoms with van der Waals surface area (Å²) in [5.74, 6) is 7.10. The van der Waals surface area contributed by atoms with Crippen molar-refractivity contribution in [2.45, 2.75) is 378 Å². The monoisotopic (exact) mass is 1470 g/mol. The molecular formula is C88H157N9O8. The van der Waals surface area contributed by atoms with Gasteiger partial charge in [0.15, 0.2) is 0 Å². The molecule has 0 amide bonds. The number of hydrogen-bond donors (Lipinski definition) is 8. The predicted molar refractivity (Wildman–Crippen MR) is 418 cm³/mol. The Labute approximate surface area is 638 Å². The molecule has 17 heteroatoms. The molecule has 9 aliphatic carbocycles. The number of piperidine rings is 1. The first-order valence-corrected chi connectivity index (χ1v) is 46.5. The molecule has 0 aromatic heterocycles. The minimum absolute atomic E-state index is 0.0120. The molecule has 36 atom stereocenters. The second-order valence-electron chi connectivity index (χ2n) is 37.8. The number of ether oxygens (including phenoxy) is 8. The SMILES string of the molecule is CCCCOC1C2CCCCC2C(OCCCC)C2C3NC(NC4NC(NC5C6C(OCCCC)C7CCCNC7C(OCCCC)C6C(NC6NC(N3)C3C(OCCCC)C7CC8CCCCC8CC7C(OCCCC)C63)N5C)C3C(OCCCC)C5CC6CCCCC6CC5C(OCCCC)C43)C12. The summed E-state index contributed by atoms with van der Waals surface area (Å²) in [5, 5.41) is 37.9. The van der Waals surface area contributed by atoms with Gasteiger partial charge < -0.3 is 43.2 Å². The minimum atomic E-state index is -0.0863. The summed E-state index contributed by atoms with van der Waals surface area (Å²) < 4.78 is 62.8. The summed E-state index contributed by atoms with van der Waals surface area (Å²) in [7, 11) is 2.52. The lowest BCUT2D eigenvalue weighted by molar-refractivity contribution is -0.189. The van der Waals surface area contributed by atoms with Crippen molar-refractivity contribution in [3.8, 4) is 0 Å². The highest BCUT2D eigenvalue weighted by atomic mass is 16.5. The van der Waals surface area contributed by atoms with E-state index in [4.69, 9.17) is 75.1 Å². The normalized spacial score (nSPS) is 47.6. The van der Waals surface area contributed by atoms with Gasteiger partial charge in [0.05, 0.1) is 98.2 Å². The number of hydrogen-bond acceptors (Lipinski definition) is 17. The molecule has 15 aliphatic rings. The van der Waals surface area contributed by atoms with Crippen LogP contribution in [0.1, 0.15) is 274 Å². The Balaban J connectivity index is 0.932. The Morgan fingerprint density at radius 2 is 0.495 bits per heavy atom. The molecule has 0 aromatic carbocycles. The third kappa shape index (κ3) is 16.3. The molecule has 36 unspecified atom stereocenters. The van der Waals surface area contributed by atoms with Crippen LogP contribution in [0.4, 0.5) is 0 Å². The first-order chi connectivity index (χ1) is 51.7. The smallest absolute Gasteiger partial charge is 0.0792 e. The zero-order valence-electron chi connectivity index (χ0n) is 67.9. The topological polar surface area (TPSA) is 173 Å². The Morgan fingerprint density at radius 1 is 0.257 bits per heavy atom. The molecule has 15 fully saturated rings. The number of unbranched alkanes of at least 4 members (excludes halogenated alkanes) is 8. The maximum Gasteiger partial charge on any atom is 0.0792 e. The van der Waals surface area contributed by atoms with E-state index in [-0.39, 0.29) is 152 Å². The van der Waals surface area contributed by atoms with Crippen molar-refractivity contribution in [3.05, 3.63) is 0 Å². The van der Waals surface area contributed by atoms with E-state index in [2.05, 4.69) is 72.7 Å². The molecule has 0 spiro atoms. The van der Waals surface area contributed by atoms with Crippen LogP contribution >= 0.6 is 0 Å². The molecule has 15 rings (SSSR count). The molecule has 6 aliphatic heterocycles. The fourth-order valence-corrected chi connectivity index (χ4v) is 27.2. The Kier molecular flexibility index (Phi) is 28.6. The molecule has 602 valence electrons. The van der Waals surface area contributed by atoms with Crippen LogP contribution in [-0.2, 0) is 37.9 Å². The molecule has 8 N–H and O–H groups in total. The predicted octanol–water partition coefficient (Wildman–Crippen LogP) is 14.0. The largest absolute Gasteiger partial charge is 0.378 e. The van der Waals surface area contributed by atoms with Gasteiger partial charge in [-0.1, -0.05) is 171 Å². The zero-order chi connectivity index (χ0) is 72.1. The van der Waals surface area contributed by atoms with Crippen LogP contribution < -0.4 is 42.5 Å².